The molecule has 0 aliphatic heterocycles. The number of rotatable bonds is 12. The van der Waals surface area contributed by atoms with Crippen LogP contribution in [0.5, 0.6) is 23.0 Å². The second-order valence-corrected chi connectivity index (χ2v) is 9.41. The van der Waals surface area contributed by atoms with Gasteiger partial charge in [0.2, 0.25) is 0 Å². The van der Waals surface area contributed by atoms with Crippen molar-refractivity contribution in [2.24, 2.45) is 5.10 Å². The minimum absolute atomic E-state index is 0.376. The first kappa shape index (κ1) is 28.2. The molecule has 0 radical (unpaired) electrons. The van der Waals surface area contributed by atoms with Crippen molar-refractivity contribution in [1.82, 2.24) is 5.43 Å². The first-order valence-electron chi connectivity index (χ1n) is 13.7. The Morgan fingerprint density at radius 3 is 2.31 bits per heavy atom. The van der Waals surface area contributed by atoms with E-state index in [0.29, 0.717) is 48.4 Å². The number of fused-ring (bicyclic) bond motifs is 1. The van der Waals surface area contributed by atoms with Crippen molar-refractivity contribution in [3.63, 3.8) is 0 Å². The van der Waals surface area contributed by atoms with Gasteiger partial charge in [-0.15, -0.1) is 0 Å². The number of hydrogen-bond donors (Lipinski definition) is 1. The summed E-state index contributed by atoms with van der Waals surface area (Å²) in [6.45, 7) is 3.20. The van der Waals surface area contributed by atoms with Crippen molar-refractivity contribution < 1.29 is 23.7 Å². The lowest BCUT2D eigenvalue weighted by Crippen LogP contribution is -2.17. The van der Waals surface area contributed by atoms with E-state index >= 15 is 0 Å². The molecule has 42 heavy (non-hydrogen) atoms. The molecule has 1 amide bonds. The van der Waals surface area contributed by atoms with Crippen LogP contribution in [-0.2, 0) is 13.2 Å². The Morgan fingerprint density at radius 1 is 0.738 bits per heavy atom. The average molecular weight is 561 g/mol. The Hall–Kier alpha value is -5.30. The Labute approximate surface area is 245 Å². The second-order valence-electron chi connectivity index (χ2n) is 9.41. The third-order valence-electron chi connectivity index (χ3n) is 6.57. The largest absolute Gasteiger partial charge is 0.493 e. The summed E-state index contributed by atoms with van der Waals surface area (Å²) in [6, 6.07) is 34.8. The van der Waals surface area contributed by atoms with Gasteiger partial charge in [0.1, 0.15) is 13.2 Å². The molecule has 0 saturated carbocycles. The fraction of sp³-hybridized carbons (Fsp3) is 0.143. The van der Waals surface area contributed by atoms with Gasteiger partial charge < -0.3 is 18.9 Å². The number of nitrogens with one attached hydrogen (secondary N) is 1. The number of hydrazone groups is 1. The average Bonchev–Trinajstić information content (AvgIpc) is 3.04. The molecule has 0 heterocycles. The van der Waals surface area contributed by atoms with E-state index in [1.165, 1.54) is 12.5 Å². The van der Waals surface area contributed by atoms with Gasteiger partial charge >= 0.3 is 0 Å². The first-order chi connectivity index (χ1) is 20.6. The van der Waals surface area contributed by atoms with Crippen molar-refractivity contribution in [1.29, 1.82) is 0 Å². The highest BCUT2D eigenvalue weighted by molar-refractivity contribution is 5.95. The van der Waals surface area contributed by atoms with Gasteiger partial charge in [-0.3, -0.25) is 4.79 Å². The number of methoxy groups -OCH3 is 1. The number of amides is 1. The zero-order chi connectivity index (χ0) is 29.1. The first-order valence-corrected chi connectivity index (χ1v) is 13.7. The van der Waals surface area contributed by atoms with Crippen LogP contribution in [0.3, 0.4) is 0 Å². The predicted molar refractivity (Wildman–Crippen MR) is 165 cm³/mol. The number of ether oxygens (including phenoxy) is 4. The van der Waals surface area contributed by atoms with Gasteiger partial charge in [0.25, 0.3) is 5.91 Å². The van der Waals surface area contributed by atoms with E-state index in [2.05, 4.69) is 34.8 Å². The molecule has 7 heteroatoms. The van der Waals surface area contributed by atoms with E-state index in [0.717, 1.165) is 22.1 Å². The molecule has 0 fully saturated rings. The Balaban J connectivity index is 1.21. The topological polar surface area (TPSA) is 78.4 Å². The third kappa shape index (κ3) is 7.06. The fourth-order valence-electron chi connectivity index (χ4n) is 4.46. The smallest absolute Gasteiger partial charge is 0.271 e. The number of carbonyl (C=O) groups is 1. The van der Waals surface area contributed by atoms with E-state index in [4.69, 9.17) is 18.9 Å². The molecule has 0 spiro atoms. The maximum absolute atomic E-state index is 12.8. The fourth-order valence-corrected chi connectivity index (χ4v) is 4.46. The van der Waals surface area contributed by atoms with Crippen LogP contribution < -0.4 is 24.4 Å². The normalized spacial score (nSPS) is 10.9. The molecule has 7 nitrogen and oxygen atoms in total. The molecule has 5 aromatic carbocycles. The molecular weight excluding hydrogens is 528 g/mol. The molecule has 0 unspecified atom stereocenters. The Morgan fingerprint density at radius 2 is 1.48 bits per heavy atom. The molecule has 0 aromatic heterocycles. The van der Waals surface area contributed by atoms with E-state index in [-0.39, 0.29) is 5.91 Å². The number of carbonyl (C=O) groups excluding carboxylic acids is 1. The number of hydrogen-bond acceptors (Lipinski definition) is 6. The van der Waals surface area contributed by atoms with Crippen molar-refractivity contribution in [3.05, 3.63) is 131 Å². The molecule has 0 saturated heterocycles. The van der Waals surface area contributed by atoms with Crippen molar-refractivity contribution in [3.8, 4) is 23.0 Å². The lowest BCUT2D eigenvalue weighted by molar-refractivity contribution is 0.0954. The second kappa shape index (κ2) is 13.9. The van der Waals surface area contributed by atoms with Crippen LogP contribution in [0.15, 0.2) is 114 Å². The molecule has 0 aliphatic carbocycles. The highest BCUT2D eigenvalue weighted by Crippen LogP contribution is 2.31. The Kier molecular flexibility index (Phi) is 9.31. The van der Waals surface area contributed by atoms with Crippen LogP contribution in [-0.4, -0.2) is 25.8 Å². The van der Waals surface area contributed by atoms with Crippen LogP contribution in [0, 0.1) is 0 Å². The minimum atomic E-state index is -0.376. The predicted octanol–water partition coefficient (Wildman–Crippen LogP) is 7.17. The monoisotopic (exact) mass is 560 g/mol. The van der Waals surface area contributed by atoms with Crippen LogP contribution in [0.4, 0.5) is 0 Å². The summed E-state index contributed by atoms with van der Waals surface area (Å²) in [7, 11) is 1.54. The van der Waals surface area contributed by atoms with Crippen LogP contribution in [0.25, 0.3) is 10.8 Å². The Bertz CT molecular complexity index is 1680. The SMILES string of the molecule is CCOc1cc(/C=N/NC(=O)c2ccc(OCc3ccccc3)c(OC)c2)ccc1OCc1cccc2ccccc12. The quantitative estimate of drug-likeness (QED) is 0.129. The minimum Gasteiger partial charge on any atom is -0.493 e. The van der Waals surface area contributed by atoms with Crippen LogP contribution in [0.2, 0.25) is 0 Å². The highest BCUT2D eigenvalue weighted by Gasteiger charge is 2.12. The van der Waals surface area contributed by atoms with Gasteiger partial charge in [-0.1, -0.05) is 72.8 Å². The van der Waals surface area contributed by atoms with Crippen molar-refractivity contribution in [2.75, 3.05) is 13.7 Å². The van der Waals surface area contributed by atoms with E-state index < -0.39 is 0 Å². The van der Waals surface area contributed by atoms with Crippen molar-refractivity contribution in [2.45, 2.75) is 20.1 Å². The zero-order valence-electron chi connectivity index (χ0n) is 23.6. The lowest BCUT2D eigenvalue weighted by Gasteiger charge is -2.14. The van der Waals surface area contributed by atoms with Crippen molar-refractivity contribution >= 4 is 22.9 Å². The van der Waals surface area contributed by atoms with Gasteiger partial charge in [0, 0.05) is 5.56 Å². The number of benzene rings is 5. The van der Waals surface area contributed by atoms with E-state index in [9.17, 15) is 4.79 Å². The maximum atomic E-state index is 12.8. The van der Waals surface area contributed by atoms with E-state index in [1.54, 1.807) is 24.4 Å². The standard InChI is InChI=1S/C35H32N2O5/c1-3-40-34-20-26(16-18-32(34)42-24-29-14-9-13-27-12-7-8-15-30(27)29)22-36-37-35(38)28-17-19-31(33(21-28)39-2)41-23-25-10-5-4-6-11-25/h4-22H,3,23-24H2,1-2H3,(H,37,38)/b36-22+. The lowest BCUT2D eigenvalue weighted by atomic mass is 10.1. The molecule has 212 valence electrons. The van der Waals surface area contributed by atoms with Gasteiger partial charge in [-0.25, -0.2) is 5.43 Å². The molecule has 0 aliphatic rings. The summed E-state index contributed by atoms with van der Waals surface area (Å²) in [5.41, 5.74) is 5.84. The number of nitrogens with zero attached hydrogens (tertiary/aromatic N) is 1. The van der Waals surface area contributed by atoms with Crippen LogP contribution >= 0.6 is 0 Å². The van der Waals surface area contributed by atoms with Gasteiger partial charge in [0.15, 0.2) is 23.0 Å². The summed E-state index contributed by atoms with van der Waals surface area (Å²) in [5, 5.41) is 6.46. The molecule has 5 aromatic rings. The summed E-state index contributed by atoms with van der Waals surface area (Å²) in [5.74, 6) is 1.87. The van der Waals surface area contributed by atoms with E-state index in [1.807, 2.05) is 73.7 Å². The summed E-state index contributed by atoms with van der Waals surface area (Å²) >= 11 is 0. The summed E-state index contributed by atoms with van der Waals surface area (Å²) in [4.78, 5) is 12.8. The molecule has 0 atom stereocenters. The summed E-state index contributed by atoms with van der Waals surface area (Å²) in [6.07, 6.45) is 1.56. The molecule has 1 N–H and O–H groups in total. The summed E-state index contributed by atoms with van der Waals surface area (Å²) < 4.78 is 23.3. The molecule has 0 bridgehead atoms. The zero-order valence-corrected chi connectivity index (χ0v) is 23.6. The van der Waals surface area contributed by atoms with Gasteiger partial charge in [-0.2, -0.15) is 5.10 Å². The van der Waals surface area contributed by atoms with Gasteiger partial charge in [-0.05, 0) is 70.8 Å². The molecule has 5 rings (SSSR count). The van der Waals surface area contributed by atoms with Gasteiger partial charge in [0.05, 0.1) is 19.9 Å². The van der Waals surface area contributed by atoms with Crippen LogP contribution in [0.1, 0.15) is 34.0 Å². The highest BCUT2D eigenvalue weighted by atomic mass is 16.5. The molecular formula is C35H32N2O5. The third-order valence-corrected chi connectivity index (χ3v) is 6.57. The maximum Gasteiger partial charge on any atom is 0.271 e.